The number of esters is 1. The van der Waals surface area contributed by atoms with E-state index in [-0.39, 0.29) is 18.5 Å². The van der Waals surface area contributed by atoms with Crippen LogP contribution in [0.2, 0.25) is 0 Å². The van der Waals surface area contributed by atoms with E-state index in [0.717, 1.165) is 47.1 Å². The quantitative estimate of drug-likeness (QED) is 0.291. The van der Waals surface area contributed by atoms with Gasteiger partial charge in [-0.05, 0) is 68.5 Å². The average molecular weight is 517 g/mol. The van der Waals surface area contributed by atoms with E-state index in [2.05, 4.69) is 5.32 Å². The van der Waals surface area contributed by atoms with Crippen molar-refractivity contribution in [3.8, 4) is 22.8 Å². The molecular weight excluding hydrogens is 488 g/mol. The van der Waals surface area contributed by atoms with Crippen LogP contribution in [0.1, 0.15) is 50.9 Å². The van der Waals surface area contributed by atoms with Crippen LogP contribution in [-0.4, -0.2) is 37.7 Å². The number of aromatic nitrogens is 1. The smallest absolute Gasteiger partial charge is 0.341 e. The molecular formula is C29H28N2O5S. The van der Waals surface area contributed by atoms with Gasteiger partial charge in [0.1, 0.15) is 5.00 Å². The lowest BCUT2D eigenvalue weighted by molar-refractivity contribution is 0.0526. The Labute approximate surface area is 219 Å². The average Bonchev–Trinajstić information content (AvgIpc) is 3.29. The Hall–Kier alpha value is -3.91. The van der Waals surface area contributed by atoms with Crippen molar-refractivity contribution in [3.63, 3.8) is 0 Å². The van der Waals surface area contributed by atoms with Crippen LogP contribution in [0.4, 0.5) is 5.00 Å². The fraction of sp³-hybridized carbons (Fsp3) is 0.276. The molecule has 0 fully saturated rings. The van der Waals surface area contributed by atoms with Gasteiger partial charge in [-0.2, -0.15) is 0 Å². The van der Waals surface area contributed by atoms with Crippen LogP contribution in [0.25, 0.3) is 22.2 Å². The standard InChI is InChI=1S/C29H28N2O5S/c1-4-36-29(33)26-19-10-6-8-12-25(19)37-28(26)31-27(32)20-16-22(30-21-11-7-5-9-18(20)21)17-13-14-23(34-2)24(15-17)35-3/h5,7,9,11,13-16H,4,6,8,10,12H2,1-3H3,(H,31,32). The van der Waals surface area contributed by atoms with E-state index >= 15 is 0 Å². The van der Waals surface area contributed by atoms with Crippen molar-refractivity contribution in [2.24, 2.45) is 0 Å². The maximum atomic E-state index is 13.8. The van der Waals surface area contributed by atoms with Crippen molar-refractivity contribution in [1.82, 2.24) is 4.98 Å². The molecule has 0 saturated carbocycles. The van der Waals surface area contributed by atoms with Crippen molar-refractivity contribution in [2.45, 2.75) is 32.6 Å². The third-order valence-corrected chi connectivity index (χ3v) is 7.73. The predicted octanol–water partition coefficient (Wildman–Crippen LogP) is 6.29. The zero-order chi connectivity index (χ0) is 25.9. The van der Waals surface area contributed by atoms with Gasteiger partial charge >= 0.3 is 5.97 Å². The van der Waals surface area contributed by atoms with Gasteiger partial charge in [0.05, 0.1) is 43.2 Å². The molecule has 0 aliphatic heterocycles. The molecule has 4 aromatic rings. The number of pyridine rings is 1. The van der Waals surface area contributed by atoms with Gasteiger partial charge < -0.3 is 19.5 Å². The van der Waals surface area contributed by atoms with Crippen LogP contribution in [0.15, 0.2) is 48.5 Å². The lowest BCUT2D eigenvalue weighted by Gasteiger charge is -2.13. The molecule has 2 aromatic carbocycles. The number of carbonyl (C=O) groups is 2. The Bertz CT molecular complexity index is 1490. The summed E-state index contributed by atoms with van der Waals surface area (Å²) in [6.45, 7) is 2.06. The largest absolute Gasteiger partial charge is 0.493 e. The number of thiophene rings is 1. The van der Waals surface area contributed by atoms with Gasteiger partial charge in [0, 0.05) is 15.8 Å². The summed E-state index contributed by atoms with van der Waals surface area (Å²) in [5, 5.41) is 4.31. The van der Waals surface area contributed by atoms with Crippen LogP contribution in [0.5, 0.6) is 11.5 Å². The van der Waals surface area contributed by atoms with Crippen LogP contribution in [-0.2, 0) is 17.6 Å². The first kappa shape index (κ1) is 24.8. The second-order valence-electron chi connectivity index (χ2n) is 8.73. The second-order valence-corrected chi connectivity index (χ2v) is 9.84. The van der Waals surface area contributed by atoms with Gasteiger partial charge in [0.15, 0.2) is 11.5 Å². The molecule has 2 heterocycles. The molecule has 1 aliphatic rings. The Balaban J connectivity index is 1.58. The van der Waals surface area contributed by atoms with E-state index < -0.39 is 0 Å². The van der Waals surface area contributed by atoms with Crippen molar-refractivity contribution in [2.75, 3.05) is 26.1 Å². The number of carbonyl (C=O) groups excluding carboxylic acids is 2. The van der Waals surface area contributed by atoms with Gasteiger partial charge in [-0.25, -0.2) is 9.78 Å². The van der Waals surface area contributed by atoms with Gasteiger partial charge in [-0.15, -0.1) is 11.3 Å². The molecule has 1 amide bonds. The molecule has 7 nitrogen and oxygen atoms in total. The molecule has 0 spiro atoms. The Morgan fingerprint density at radius 3 is 2.57 bits per heavy atom. The molecule has 0 atom stereocenters. The van der Waals surface area contributed by atoms with Crippen molar-refractivity contribution in [3.05, 3.63) is 70.1 Å². The number of aryl methyl sites for hydroxylation is 1. The van der Waals surface area contributed by atoms with E-state index in [4.69, 9.17) is 19.2 Å². The highest BCUT2D eigenvalue weighted by Crippen LogP contribution is 2.39. The Morgan fingerprint density at radius 2 is 1.78 bits per heavy atom. The SMILES string of the molecule is CCOC(=O)c1c(NC(=O)c2cc(-c3ccc(OC)c(OC)c3)nc3ccccc23)sc2c1CCCC2. The summed E-state index contributed by atoms with van der Waals surface area (Å²) in [5.74, 6) is 0.495. The predicted molar refractivity (Wildman–Crippen MR) is 145 cm³/mol. The third-order valence-electron chi connectivity index (χ3n) is 6.52. The van der Waals surface area contributed by atoms with Crippen LogP contribution >= 0.6 is 11.3 Å². The normalized spacial score (nSPS) is 12.6. The van der Waals surface area contributed by atoms with E-state index in [1.165, 1.54) is 11.3 Å². The minimum Gasteiger partial charge on any atom is -0.493 e. The summed E-state index contributed by atoms with van der Waals surface area (Å²) < 4.78 is 16.2. The molecule has 8 heteroatoms. The highest BCUT2D eigenvalue weighted by atomic mass is 32.1. The number of hydrogen-bond donors (Lipinski definition) is 1. The highest BCUT2D eigenvalue weighted by molar-refractivity contribution is 7.17. The second kappa shape index (κ2) is 10.6. The monoisotopic (exact) mass is 516 g/mol. The number of para-hydroxylation sites is 1. The lowest BCUT2D eigenvalue weighted by atomic mass is 9.95. The Morgan fingerprint density at radius 1 is 1.00 bits per heavy atom. The molecule has 0 bridgehead atoms. The first-order chi connectivity index (χ1) is 18.0. The lowest BCUT2D eigenvalue weighted by Crippen LogP contribution is -2.16. The van der Waals surface area contributed by atoms with E-state index in [0.29, 0.717) is 38.8 Å². The van der Waals surface area contributed by atoms with Gasteiger partial charge in [-0.1, -0.05) is 18.2 Å². The molecule has 2 aromatic heterocycles. The Kier molecular flexibility index (Phi) is 7.10. The van der Waals surface area contributed by atoms with Crippen LogP contribution < -0.4 is 14.8 Å². The van der Waals surface area contributed by atoms with Crippen molar-refractivity contribution in [1.29, 1.82) is 0 Å². The number of hydrogen-bond acceptors (Lipinski definition) is 7. The summed E-state index contributed by atoms with van der Waals surface area (Å²) in [6, 6.07) is 14.8. The maximum absolute atomic E-state index is 13.8. The number of nitrogens with zero attached hydrogens (tertiary/aromatic N) is 1. The van der Waals surface area contributed by atoms with Gasteiger partial charge in [-0.3, -0.25) is 4.79 Å². The van der Waals surface area contributed by atoms with E-state index in [1.54, 1.807) is 27.2 Å². The van der Waals surface area contributed by atoms with Crippen molar-refractivity contribution >= 4 is 39.1 Å². The molecule has 37 heavy (non-hydrogen) atoms. The topological polar surface area (TPSA) is 86.8 Å². The minimum absolute atomic E-state index is 0.278. The first-order valence-corrected chi connectivity index (χ1v) is 13.1. The van der Waals surface area contributed by atoms with E-state index in [1.807, 2.05) is 42.5 Å². The fourth-order valence-corrected chi connectivity index (χ4v) is 6.02. The summed E-state index contributed by atoms with van der Waals surface area (Å²) in [5.41, 5.74) is 4.08. The minimum atomic E-state index is -0.386. The van der Waals surface area contributed by atoms with Gasteiger partial charge in [0.2, 0.25) is 0 Å². The molecule has 0 radical (unpaired) electrons. The molecule has 5 rings (SSSR count). The van der Waals surface area contributed by atoms with Crippen LogP contribution in [0.3, 0.4) is 0 Å². The fourth-order valence-electron chi connectivity index (χ4n) is 4.75. The van der Waals surface area contributed by atoms with Gasteiger partial charge in [0.25, 0.3) is 5.91 Å². The molecule has 1 N–H and O–H groups in total. The summed E-state index contributed by atoms with van der Waals surface area (Å²) >= 11 is 1.48. The maximum Gasteiger partial charge on any atom is 0.341 e. The van der Waals surface area contributed by atoms with E-state index in [9.17, 15) is 9.59 Å². The molecule has 190 valence electrons. The zero-order valence-corrected chi connectivity index (χ0v) is 21.9. The summed E-state index contributed by atoms with van der Waals surface area (Å²) in [7, 11) is 3.16. The third kappa shape index (κ3) is 4.76. The number of ether oxygens (including phenoxy) is 3. The van der Waals surface area contributed by atoms with Crippen molar-refractivity contribution < 1.29 is 23.8 Å². The number of amides is 1. The van der Waals surface area contributed by atoms with Crippen LogP contribution in [0, 0.1) is 0 Å². The molecule has 1 aliphatic carbocycles. The number of fused-ring (bicyclic) bond motifs is 2. The summed E-state index contributed by atoms with van der Waals surface area (Å²) in [4.78, 5) is 32.6. The number of benzene rings is 2. The first-order valence-electron chi connectivity index (χ1n) is 12.3. The highest BCUT2D eigenvalue weighted by Gasteiger charge is 2.28. The molecule has 0 unspecified atom stereocenters. The number of rotatable bonds is 7. The zero-order valence-electron chi connectivity index (χ0n) is 21.1. The number of methoxy groups -OCH3 is 2. The number of anilines is 1. The summed E-state index contributed by atoms with van der Waals surface area (Å²) in [6.07, 6.45) is 3.82. The number of nitrogens with one attached hydrogen (secondary N) is 1. The molecule has 0 saturated heterocycles.